The van der Waals surface area contributed by atoms with E-state index in [1.165, 1.54) is 12.1 Å². The Hall–Kier alpha value is -2.42. The summed E-state index contributed by atoms with van der Waals surface area (Å²) >= 11 is 0. The highest BCUT2D eigenvalue weighted by Crippen LogP contribution is 2.28. The summed E-state index contributed by atoms with van der Waals surface area (Å²) in [5, 5.41) is 18.5. The van der Waals surface area contributed by atoms with Gasteiger partial charge in [0.15, 0.2) is 9.84 Å². The van der Waals surface area contributed by atoms with Crippen molar-refractivity contribution in [3.8, 4) is 0 Å². The maximum Gasteiger partial charge on any atom is 0.293 e. The first kappa shape index (κ1) is 16.9. The van der Waals surface area contributed by atoms with E-state index in [-0.39, 0.29) is 16.3 Å². The van der Waals surface area contributed by atoms with Gasteiger partial charge < -0.3 is 5.32 Å². The quantitative estimate of drug-likeness (QED) is 0.637. The standard InChI is InChI=1S/C14H18N4O4S/c1-4-12-10(9-17(2)16-12)8-15-13-6-5-11(23(3,21)22)7-14(13)18(19)20/h5-7,9,15H,4,8H2,1-3H3. The summed E-state index contributed by atoms with van der Waals surface area (Å²) in [6, 6.07) is 3.84. The number of benzene rings is 1. The predicted molar refractivity (Wildman–Crippen MR) is 86.1 cm³/mol. The largest absolute Gasteiger partial charge is 0.375 e. The lowest BCUT2D eigenvalue weighted by molar-refractivity contribution is -0.384. The highest BCUT2D eigenvalue weighted by Gasteiger charge is 2.19. The van der Waals surface area contributed by atoms with Crippen LogP contribution in [0.25, 0.3) is 0 Å². The van der Waals surface area contributed by atoms with Crippen LogP contribution in [0.5, 0.6) is 0 Å². The minimum atomic E-state index is -3.50. The van der Waals surface area contributed by atoms with E-state index in [0.29, 0.717) is 6.54 Å². The third-order valence-corrected chi connectivity index (χ3v) is 4.50. The van der Waals surface area contributed by atoms with Crippen LogP contribution in [0.3, 0.4) is 0 Å². The van der Waals surface area contributed by atoms with Crippen molar-refractivity contribution in [3.05, 3.63) is 45.8 Å². The Balaban J connectivity index is 2.31. The Labute approximate surface area is 134 Å². The molecule has 0 atom stereocenters. The van der Waals surface area contributed by atoms with Gasteiger partial charge in [0.05, 0.1) is 15.5 Å². The fraction of sp³-hybridized carbons (Fsp3) is 0.357. The number of nitrogens with one attached hydrogen (secondary N) is 1. The summed E-state index contributed by atoms with van der Waals surface area (Å²) in [5.74, 6) is 0. The number of nitro groups is 1. The number of nitro benzene ring substituents is 1. The second-order valence-corrected chi connectivity index (χ2v) is 7.21. The fourth-order valence-electron chi connectivity index (χ4n) is 2.26. The van der Waals surface area contributed by atoms with Gasteiger partial charge in [0.1, 0.15) is 5.69 Å². The first-order chi connectivity index (χ1) is 10.7. The van der Waals surface area contributed by atoms with E-state index < -0.39 is 14.8 Å². The van der Waals surface area contributed by atoms with Crippen molar-refractivity contribution in [3.63, 3.8) is 0 Å². The van der Waals surface area contributed by atoms with Gasteiger partial charge in [-0.25, -0.2) is 8.42 Å². The summed E-state index contributed by atoms with van der Waals surface area (Å²) in [6.45, 7) is 2.35. The molecule has 23 heavy (non-hydrogen) atoms. The Kier molecular flexibility index (Phi) is 4.69. The molecule has 0 aliphatic heterocycles. The Morgan fingerprint density at radius 3 is 2.65 bits per heavy atom. The van der Waals surface area contributed by atoms with Gasteiger partial charge in [-0.1, -0.05) is 6.92 Å². The molecule has 1 N–H and O–H groups in total. The molecular formula is C14H18N4O4S. The molecule has 0 aliphatic rings. The minimum Gasteiger partial charge on any atom is -0.375 e. The van der Waals surface area contributed by atoms with Crippen LogP contribution < -0.4 is 5.32 Å². The van der Waals surface area contributed by atoms with Crippen molar-refractivity contribution in [1.29, 1.82) is 0 Å². The third-order valence-electron chi connectivity index (χ3n) is 3.39. The Morgan fingerprint density at radius 2 is 2.09 bits per heavy atom. The molecule has 0 saturated carbocycles. The molecule has 0 fully saturated rings. The van der Waals surface area contributed by atoms with Crippen LogP contribution in [-0.4, -0.2) is 29.4 Å². The minimum absolute atomic E-state index is 0.0784. The summed E-state index contributed by atoms with van der Waals surface area (Å²) < 4.78 is 24.8. The first-order valence-corrected chi connectivity index (χ1v) is 8.85. The van der Waals surface area contributed by atoms with Crippen molar-refractivity contribution >= 4 is 21.2 Å². The van der Waals surface area contributed by atoms with Gasteiger partial charge in [-0.2, -0.15) is 5.10 Å². The molecule has 1 aromatic heterocycles. The van der Waals surface area contributed by atoms with Gasteiger partial charge in [-0.3, -0.25) is 14.8 Å². The molecule has 1 aromatic carbocycles. The second kappa shape index (κ2) is 6.37. The maximum absolute atomic E-state index is 11.5. The van der Waals surface area contributed by atoms with E-state index in [1.54, 1.807) is 4.68 Å². The van der Waals surface area contributed by atoms with Crippen LogP contribution in [0.2, 0.25) is 0 Å². The molecule has 9 heteroatoms. The SMILES string of the molecule is CCc1nn(C)cc1CNc1ccc(S(C)(=O)=O)cc1[N+](=O)[O-]. The molecule has 0 radical (unpaired) electrons. The Morgan fingerprint density at radius 1 is 1.39 bits per heavy atom. The molecule has 0 unspecified atom stereocenters. The molecular weight excluding hydrogens is 320 g/mol. The highest BCUT2D eigenvalue weighted by atomic mass is 32.2. The van der Waals surface area contributed by atoms with Crippen molar-refractivity contribution in [2.24, 2.45) is 7.05 Å². The zero-order valence-electron chi connectivity index (χ0n) is 13.1. The van der Waals surface area contributed by atoms with Gasteiger partial charge in [0.2, 0.25) is 0 Å². The van der Waals surface area contributed by atoms with Crippen LogP contribution in [0.1, 0.15) is 18.2 Å². The second-order valence-electron chi connectivity index (χ2n) is 5.19. The average molecular weight is 338 g/mol. The number of nitrogens with zero attached hydrogens (tertiary/aromatic N) is 3. The van der Waals surface area contributed by atoms with Crippen molar-refractivity contribution in [2.75, 3.05) is 11.6 Å². The van der Waals surface area contributed by atoms with E-state index in [0.717, 1.165) is 30.0 Å². The van der Waals surface area contributed by atoms with Crippen LogP contribution >= 0.6 is 0 Å². The van der Waals surface area contributed by atoms with Crippen molar-refractivity contribution < 1.29 is 13.3 Å². The molecule has 0 saturated heterocycles. The van der Waals surface area contributed by atoms with Gasteiger partial charge in [-0.15, -0.1) is 0 Å². The van der Waals surface area contributed by atoms with Crippen molar-refractivity contribution in [2.45, 2.75) is 24.8 Å². The molecule has 0 spiro atoms. The third kappa shape index (κ3) is 3.86. The van der Waals surface area contributed by atoms with Crippen LogP contribution in [0.15, 0.2) is 29.3 Å². The smallest absolute Gasteiger partial charge is 0.293 e. The summed E-state index contributed by atoms with van der Waals surface area (Å²) in [4.78, 5) is 10.5. The molecule has 2 rings (SSSR count). The molecule has 124 valence electrons. The normalized spacial score (nSPS) is 11.4. The zero-order valence-corrected chi connectivity index (χ0v) is 13.9. The molecule has 1 heterocycles. The molecule has 0 aliphatic carbocycles. The monoisotopic (exact) mass is 338 g/mol. The summed E-state index contributed by atoms with van der Waals surface area (Å²) in [7, 11) is -1.68. The lowest BCUT2D eigenvalue weighted by Gasteiger charge is -2.08. The maximum atomic E-state index is 11.5. The van der Waals surface area contributed by atoms with E-state index in [9.17, 15) is 18.5 Å². The first-order valence-electron chi connectivity index (χ1n) is 6.96. The predicted octanol–water partition coefficient (Wildman–Crippen LogP) is 1.91. The van der Waals surface area contributed by atoms with Gasteiger partial charge in [0, 0.05) is 37.7 Å². The van der Waals surface area contributed by atoms with Gasteiger partial charge >= 0.3 is 0 Å². The van der Waals surface area contributed by atoms with Gasteiger partial charge in [-0.05, 0) is 18.6 Å². The number of hydrogen-bond acceptors (Lipinski definition) is 6. The van der Waals surface area contributed by atoms with E-state index in [1.807, 2.05) is 20.2 Å². The van der Waals surface area contributed by atoms with Crippen LogP contribution in [0, 0.1) is 10.1 Å². The van der Waals surface area contributed by atoms with Crippen LogP contribution in [0.4, 0.5) is 11.4 Å². The number of rotatable bonds is 6. The lowest BCUT2D eigenvalue weighted by Crippen LogP contribution is -2.05. The fourth-order valence-corrected chi connectivity index (χ4v) is 2.90. The number of aromatic nitrogens is 2. The molecule has 2 aromatic rings. The lowest BCUT2D eigenvalue weighted by atomic mass is 10.2. The summed E-state index contributed by atoms with van der Waals surface area (Å²) in [6.07, 6.45) is 3.62. The van der Waals surface area contributed by atoms with Gasteiger partial charge in [0.25, 0.3) is 5.69 Å². The highest BCUT2D eigenvalue weighted by molar-refractivity contribution is 7.90. The molecule has 0 amide bonds. The van der Waals surface area contributed by atoms with Crippen LogP contribution in [-0.2, 0) is 29.9 Å². The van der Waals surface area contributed by atoms with E-state index in [2.05, 4.69) is 10.4 Å². The van der Waals surface area contributed by atoms with E-state index in [4.69, 9.17) is 0 Å². The summed E-state index contributed by atoms with van der Waals surface area (Å²) in [5.41, 5.74) is 1.86. The molecule has 8 nitrogen and oxygen atoms in total. The molecule has 0 bridgehead atoms. The Bertz CT molecular complexity index is 842. The number of aryl methyl sites for hydroxylation is 2. The zero-order chi connectivity index (χ0) is 17.2. The topological polar surface area (TPSA) is 107 Å². The number of hydrogen-bond donors (Lipinski definition) is 1. The number of anilines is 1. The number of sulfone groups is 1. The van der Waals surface area contributed by atoms with E-state index >= 15 is 0 Å². The average Bonchev–Trinajstić information content (AvgIpc) is 2.84. The van der Waals surface area contributed by atoms with Crippen molar-refractivity contribution in [1.82, 2.24) is 9.78 Å².